The molecule has 0 radical (unpaired) electrons. The Kier molecular flexibility index (Phi) is 5.74. The lowest BCUT2D eigenvalue weighted by Gasteiger charge is -2.26. The molecule has 1 aliphatic rings. The summed E-state index contributed by atoms with van der Waals surface area (Å²) >= 11 is 0. The average Bonchev–Trinajstić information content (AvgIpc) is 2.50. The molecule has 7 heteroatoms. The van der Waals surface area contributed by atoms with Gasteiger partial charge in [-0.1, -0.05) is 12.1 Å². The highest BCUT2D eigenvalue weighted by molar-refractivity contribution is 5.92. The van der Waals surface area contributed by atoms with E-state index in [4.69, 9.17) is 9.84 Å². The average molecular weight is 307 g/mol. The molecule has 22 heavy (non-hydrogen) atoms. The standard InChI is InChI=1S/C15H21N3O4/c1-11(14(19)20)16-15(21)17-13-4-2-12(3-5-13)10-18-6-8-22-9-7-18/h2-5,11H,6-10H2,1H3,(H,19,20)(H2,16,17,21). The molecule has 0 aromatic heterocycles. The van der Waals surface area contributed by atoms with E-state index in [2.05, 4.69) is 15.5 Å². The first-order valence-corrected chi connectivity index (χ1v) is 7.24. The summed E-state index contributed by atoms with van der Waals surface area (Å²) in [5.74, 6) is -1.07. The number of nitrogens with one attached hydrogen (secondary N) is 2. The van der Waals surface area contributed by atoms with Crippen molar-refractivity contribution in [3.05, 3.63) is 29.8 Å². The molecule has 1 unspecified atom stereocenters. The monoisotopic (exact) mass is 307 g/mol. The molecule has 1 heterocycles. The Morgan fingerprint density at radius 2 is 1.91 bits per heavy atom. The summed E-state index contributed by atoms with van der Waals surface area (Å²) in [5, 5.41) is 13.7. The second-order valence-electron chi connectivity index (χ2n) is 5.24. The molecule has 1 atom stereocenters. The molecule has 3 N–H and O–H groups in total. The maximum Gasteiger partial charge on any atom is 0.325 e. The molecule has 1 aromatic rings. The summed E-state index contributed by atoms with van der Waals surface area (Å²) in [6.45, 7) is 5.65. The van der Waals surface area contributed by atoms with Gasteiger partial charge in [-0.2, -0.15) is 0 Å². The Bertz CT molecular complexity index is 512. The van der Waals surface area contributed by atoms with Crippen LogP contribution in [0.4, 0.5) is 10.5 Å². The number of carbonyl (C=O) groups excluding carboxylic acids is 1. The van der Waals surface area contributed by atoms with Gasteiger partial charge in [-0.15, -0.1) is 0 Å². The molecule has 0 aliphatic carbocycles. The fourth-order valence-electron chi connectivity index (χ4n) is 2.14. The van der Waals surface area contributed by atoms with Crippen molar-refractivity contribution in [1.82, 2.24) is 10.2 Å². The minimum Gasteiger partial charge on any atom is -0.480 e. The van der Waals surface area contributed by atoms with Crippen LogP contribution >= 0.6 is 0 Å². The summed E-state index contributed by atoms with van der Waals surface area (Å²) in [4.78, 5) is 24.6. The van der Waals surface area contributed by atoms with Crippen LogP contribution in [-0.4, -0.2) is 54.4 Å². The lowest BCUT2D eigenvalue weighted by molar-refractivity contribution is -0.138. The lowest BCUT2D eigenvalue weighted by Crippen LogP contribution is -2.40. The van der Waals surface area contributed by atoms with Gasteiger partial charge in [0.2, 0.25) is 0 Å². The van der Waals surface area contributed by atoms with Crippen molar-refractivity contribution in [1.29, 1.82) is 0 Å². The van der Waals surface area contributed by atoms with Crippen molar-refractivity contribution in [3.8, 4) is 0 Å². The Labute approximate surface area is 129 Å². The van der Waals surface area contributed by atoms with Gasteiger partial charge in [0.1, 0.15) is 6.04 Å². The smallest absolute Gasteiger partial charge is 0.325 e. The van der Waals surface area contributed by atoms with Crippen molar-refractivity contribution in [2.75, 3.05) is 31.6 Å². The quantitative estimate of drug-likeness (QED) is 0.758. The number of carboxylic acid groups (broad SMARTS) is 1. The number of nitrogens with zero attached hydrogens (tertiary/aromatic N) is 1. The molecule has 0 saturated carbocycles. The third-order valence-corrected chi connectivity index (χ3v) is 3.44. The molecular formula is C15H21N3O4. The SMILES string of the molecule is CC(NC(=O)Nc1ccc(CN2CCOCC2)cc1)C(=O)O. The van der Waals surface area contributed by atoms with Crippen LogP contribution in [0.3, 0.4) is 0 Å². The molecule has 1 aliphatic heterocycles. The van der Waals surface area contributed by atoms with Crippen LogP contribution in [0.15, 0.2) is 24.3 Å². The second kappa shape index (κ2) is 7.77. The van der Waals surface area contributed by atoms with Crippen LogP contribution in [-0.2, 0) is 16.1 Å². The summed E-state index contributed by atoms with van der Waals surface area (Å²) in [7, 11) is 0. The predicted molar refractivity (Wildman–Crippen MR) is 81.8 cm³/mol. The van der Waals surface area contributed by atoms with Crippen LogP contribution in [0.25, 0.3) is 0 Å². The van der Waals surface area contributed by atoms with Crippen molar-refractivity contribution < 1.29 is 19.4 Å². The third kappa shape index (κ3) is 5.01. The highest BCUT2D eigenvalue weighted by Gasteiger charge is 2.14. The predicted octanol–water partition coefficient (Wildman–Crippen LogP) is 1.11. The van der Waals surface area contributed by atoms with E-state index in [1.807, 2.05) is 12.1 Å². The minimum absolute atomic E-state index is 0.532. The Morgan fingerprint density at radius 3 is 2.50 bits per heavy atom. The van der Waals surface area contributed by atoms with Gasteiger partial charge in [0.25, 0.3) is 0 Å². The zero-order chi connectivity index (χ0) is 15.9. The van der Waals surface area contributed by atoms with Gasteiger partial charge in [0.15, 0.2) is 0 Å². The number of carboxylic acids is 1. The maximum atomic E-state index is 11.6. The van der Waals surface area contributed by atoms with Gasteiger partial charge in [0.05, 0.1) is 13.2 Å². The van der Waals surface area contributed by atoms with E-state index >= 15 is 0 Å². The number of urea groups is 1. The third-order valence-electron chi connectivity index (χ3n) is 3.44. The fraction of sp³-hybridized carbons (Fsp3) is 0.467. The van der Waals surface area contributed by atoms with Crippen LogP contribution in [0.1, 0.15) is 12.5 Å². The number of rotatable bonds is 5. The molecule has 1 saturated heterocycles. The summed E-state index contributed by atoms with van der Waals surface area (Å²) in [6.07, 6.45) is 0. The summed E-state index contributed by atoms with van der Waals surface area (Å²) < 4.78 is 5.31. The molecular weight excluding hydrogens is 286 g/mol. The first-order chi connectivity index (χ1) is 10.5. The molecule has 2 rings (SSSR count). The van der Waals surface area contributed by atoms with E-state index in [9.17, 15) is 9.59 Å². The molecule has 1 fully saturated rings. The molecule has 1 aromatic carbocycles. The lowest BCUT2D eigenvalue weighted by atomic mass is 10.2. The fourth-order valence-corrected chi connectivity index (χ4v) is 2.14. The summed E-state index contributed by atoms with van der Waals surface area (Å²) in [6, 6.07) is 6.05. The van der Waals surface area contributed by atoms with Crippen molar-refractivity contribution in [2.24, 2.45) is 0 Å². The van der Waals surface area contributed by atoms with Crippen molar-refractivity contribution in [2.45, 2.75) is 19.5 Å². The van der Waals surface area contributed by atoms with E-state index in [-0.39, 0.29) is 0 Å². The van der Waals surface area contributed by atoms with Crippen molar-refractivity contribution in [3.63, 3.8) is 0 Å². The zero-order valence-electron chi connectivity index (χ0n) is 12.5. The topological polar surface area (TPSA) is 90.9 Å². The minimum atomic E-state index is -1.07. The number of amides is 2. The van der Waals surface area contributed by atoms with Crippen LogP contribution in [0.5, 0.6) is 0 Å². The number of carbonyl (C=O) groups is 2. The Morgan fingerprint density at radius 1 is 1.27 bits per heavy atom. The number of hydrogen-bond acceptors (Lipinski definition) is 4. The summed E-state index contributed by atoms with van der Waals surface area (Å²) in [5.41, 5.74) is 1.78. The molecule has 2 amide bonds. The highest BCUT2D eigenvalue weighted by atomic mass is 16.5. The molecule has 0 spiro atoms. The first-order valence-electron chi connectivity index (χ1n) is 7.24. The van der Waals surface area contributed by atoms with Crippen LogP contribution < -0.4 is 10.6 Å². The largest absolute Gasteiger partial charge is 0.480 e. The first kappa shape index (κ1) is 16.3. The van der Waals surface area contributed by atoms with Crippen molar-refractivity contribution >= 4 is 17.7 Å². The Hall–Kier alpha value is -2.12. The van der Waals surface area contributed by atoms with Gasteiger partial charge in [-0.25, -0.2) is 4.79 Å². The second-order valence-corrected chi connectivity index (χ2v) is 5.24. The normalized spacial score (nSPS) is 16.8. The van der Waals surface area contributed by atoms with E-state index < -0.39 is 18.0 Å². The van der Waals surface area contributed by atoms with Gasteiger partial charge in [-0.3, -0.25) is 9.69 Å². The zero-order valence-corrected chi connectivity index (χ0v) is 12.5. The number of ether oxygens (including phenoxy) is 1. The van der Waals surface area contributed by atoms with E-state index in [1.165, 1.54) is 6.92 Å². The van der Waals surface area contributed by atoms with Gasteiger partial charge in [-0.05, 0) is 24.6 Å². The molecule has 7 nitrogen and oxygen atoms in total. The van der Waals surface area contributed by atoms with Gasteiger partial charge >= 0.3 is 12.0 Å². The van der Waals surface area contributed by atoms with Gasteiger partial charge < -0.3 is 20.5 Å². The van der Waals surface area contributed by atoms with E-state index in [0.29, 0.717) is 5.69 Å². The number of morpholine rings is 1. The Balaban J connectivity index is 1.83. The van der Waals surface area contributed by atoms with Crippen LogP contribution in [0.2, 0.25) is 0 Å². The maximum absolute atomic E-state index is 11.6. The van der Waals surface area contributed by atoms with Gasteiger partial charge in [0, 0.05) is 25.3 Å². The number of anilines is 1. The highest BCUT2D eigenvalue weighted by Crippen LogP contribution is 2.12. The van der Waals surface area contributed by atoms with Crippen LogP contribution in [0, 0.1) is 0 Å². The van der Waals surface area contributed by atoms with E-state index in [0.717, 1.165) is 38.4 Å². The number of aliphatic carboxylic acids is 1. The van der Waals surface area contributed by atoms with E-state index in [1.54, 1.807) is 12.1 Å². The number of hydrogen-bond donors (Lipinski definition) is 3. The molecule has 120 valence electrons. The number of benzene rings is 1. The molecule has 0 bridgehead atoms.